The summed E-state index contributed by atoms with van der Waals surface area (Å²) in [5.74, 6) is 1.90. The maximum absolute atomic E-state index is 5.27. The Morgan fingerprint density at radius 3 is 1.85 bits per heavy atom. The highest BCUT2D eigenvalue weighted by Gasteiger charge is 2.20. The van der Waals surface area contributed by atoms with Crippen LogP contribution in [0, 0.1) is 0 Å². The lowest BCUT2D eigenvalue weighted by atomic mass is 10.3. The molecule has 1 heterocycles. The fourth-order valence-corrected chi connectivity index (χ4v) is 3.85. The van der Waals surface area contributed by atoms with E-state index in [1.54, 1.807) is 37.7 Å². The van der Waals surface area contributed by atoms with Crippen molar-refractivity contribution in [3.8, 4) is 11.5 Å². The van der Waals surface area contributed by atoms with E-state index in [9.17, 15) is 0 Å². The van der Waals surface area contributed by atoms with Crippen molar-refractivity contribution < 1.29 is 9.47 Å². The molecule has 0 radical (unpaired) electrons. The number of methoxy groups -OCH3 is 2. The highest BCUT2D eigenvalue weighted by molar-refractivity contribution is 8.18. The van der Waals surface area contributed by atoms with E-state index in [2.05, 4.69) is 0 Å². The first-order valence-corrected chi connectivity index (χ1v) is 5.84. The Bertz CT molecular complexity index is 295. The van der Waals surface area contributed by atoms with Gasteiger partial charge >= 0.3 is 0 Å². The Morgan fingerprint density at radius 1 is 1.00 bits per heavy atom. The fraction of sp³-hybridized carbons (Fsp3) is 0.333. The lowest BCUT2D eigenvalue weighted by Gasteiger charge is -2.08. The van der Waals surface area contributed by atoms with Crippen LogP contribution in [0.15, 0.2) is 21.9 Å². The molecule has 0 aromatic heterocycles. The minimum atomic E-state index is 0.950. The van der Waals surface area contributed by atoms with Gasteiger partial charge in [0.25, 0.3) is 0 Å². The van der Waals surface area contributed by atoms with Crippen molar-refractivity contribution in [2.45, 2.75) is 9.79 Å². The average Bonchev–Trinajstić information content (AvgIpc) is 2.64. The van der Waals surface area contributed by atoms with E-state index < -0.39 is 0 Å². The molecule has 1 aromatic carbocycles. The van der Waals surface area contributed by atoms with Gasteiger partial charge in [0.05, 0.1) is 24.0 Å². The molecule has 0 amide bonds. The molecule has 4 heteroatoms. The number of fused-ring (bicyclic) bond motifs is 1. The molecule has 1 aromatic rings. The molecule has 0 saturated carbocycles. The standard InChI is InChI=1S/C9H10O2S2/c1-10-6-3-4-7(11-2)9-8(6)12-5-13-9/h3-4H,5H2,1-2H3. The fourth-order valence-electron chi connectivity index (χ4n) is 1.27. The first-order chi connectivity index (χ1) is 6.36. The number of rotatable bonds is 2. The van der Waals surface area contributed by atoms with Crippen LogP contribution in [-0.2, 0) is 0 Å². The van der Waals surface area contributed by atoms with Crippen molar-refractivity contribution in [3.63, 3.8) is 0 Å². The molecular weight excluding hydrogens is 204 g/mol. The van der Waals surface area contributed by atoms with Crippen molar-refractivity contribution in [2.75, 3.05) is 19.3 Å². The second-order valence-corrected chi connectivity index (χ2v) is 4.87. The van der Waals surface area contributed by atoms with Crippen molar-refractivity contribution in [1.29, 1.82) is 0 Å². The van der Waals surface area contributed by atoms with E-state index in [1.165, 1.54) is 9.79 Å². The molecule has 0 unspecified atom stereocenters. The Morgan fingerprint density at radius 2 is 1.46 bits per heavy atom. The average molecular weight is 214 g/mol. The Labute approximate surface area is 86.0 Å². The van der Waals surface area contributed by atoms with E-state index in [0.717, 1.165) is 16.6 Å². The molecular formula is C9H10O2S2. The zero-order valence-electron chi connectivity index (χ0n) is 7.49. The van der Waals surface area contributed by atoms with Gasteiger partial charge in [0.15, 0.2) is 0 Å². The third kappa shape index (κ3) is 1.48. The summed E-state index contributed by atoms with van der Waals surface area (Å²) in [6.07, 6.45) is 0. The maximum Gasteiger partial charge on any atom is 0.133 e. The molecule has 0 atom stereocenters. The zero-order valence-corrected chi connectivity index (χ0v) is 9.13. The van der Waals surface area contributed by atoms with Crippen LogP contribution in [0.1, 0.15) is 0 Å². The number of benzene rings is 1. The van der Waals surface area contributed by atoms with Crippen molar-refractivity contribution in [1.82, 2.24) is 0 Å². The highest BCUT2D eigenvalue weighted by atomic mass is 32.2. The smallest absolute Gasteiger partial charge is 0.133 e. The van der Waals surface area contributed by atoms with Gasteiger partial charge in [0, 0.05) is 5.08 Å². The zero-order chi connectivity index (χ0) is 9.26. The predicted octanol–water partition coefficient (Wildman–Crippen LogP) is 2.86. The van der Waals surface area contributed by atoms with Crippen LogP contribution < -0.4 is 9.47 Å². The largest absolute Gasteiger partial charge is 0.496 e. The van der Waals surface area contributed by atoms with E-state index in [-0.39, 0.29) is 0 Å². The molecule has 0 aliphatic carbocycles. The van der Waals surface area contributed by atoms with Crippen LogP contribution in [0.25, 0.3) is 0 Å². The molecule has 0 spiro atoms. The Kier molecular flexibility index (Phi) is 2.60. The van der Waals surface area contributed by atoms with Gasteiger partial charge in [-0.3, -0.25) is 0 Å². The Hall–Kier alpha value is -0.480. The van der Waals surface area contributed by atoms with Crippen molar-refractivity contribution >= 4 is 23.5 Å². The molecule has 0 fully saturated rings. The first kappa shape index (κ1) is 9.09. The number of ether oxygens (including phenoxy) is 2. The molecule has 1 aliphatic heterocycles. The van der Waals surface area contributed by atoms with E-state index >= 15 is 0 Å². The van der Waals surface area contributed by atoms with E-state index in [1.807, 2.05) is 12.1 Å². The summed E-state index contributed by atoms with van der Waals surface area (Å²) in [5, 5.41) is 1.05. The molecule has 1 aliphatic rings. The van der Waals surface area contributed by atoms with Crippen LogP contribution >= 0.6 is 23.5 Å². The van der Waals surface area contributed by atoms with Crippen LogP contribution in [0.5, 0.6) is 11.5 Å². The normalized spacial score (nSPS) is 14.0. The van der Waals surface area contributed by atoms with Gasteiger partial charge in [0.2, 0.25) is 0 Å². The minimum Gasteiger partial charge on any atom is -0.496 e. The van der Waals surface area contributed by atoms with E-state index in [4.69, 9.17) is 9.47 Å². The molecule has 2 rings (SSSR count). The second-order valence-electron chi connectivity index (χ2n) is 2.53. The summed E-state index contributed by atoms with van der Waals surface area (Å²) >= 11 is 3.61. The van der Waals surface area contributed by atoms with Crippen LogP contribution in [0.2, 0.25) is 0 Å². The third-order valence-electron chi connectivity index (χ3n) is 1.89. The summed E-state index contributed by atoms with van der Waals surface area (Å²) in [6.45, 7) is 0. The molecule has 2 nitrogen and oxygen atoms in total. The van der Waals surface area contributed by atoms with Crippen LogP contribution in [-0.4, -0.2) is 19.3 Å². The number of hydrogen-bond acceptors (Lipinski definition) is 4. The van der Waals surface area contributed by atoms with Crippen LogP contribution in [0.3, 0.4) is 0 Å². The SMILES string of the molecule is COc1ccc(OC)c2c1SCS2. The lowest BCUT2D eigenvalue weighted by Crippen LogP contribution is -1.89. The van der Waals surface area contributed by atoms with Gasteiger partial charge in [-0.2, -0.15) is 0 Å². The lowest BCUT2D eigenvalue weighted by molar-refractivity contribution is 0.384. The quantitative estimate of drug-likeness (QED) is 0.753. The maximum atomic E-state index is 5.27. The van der Waals surface area contributed by atoms with Gasteiger partial charge in [0.1, 0.15) is 11.5 Å². The van der Waals surface area contributed by atoms with Gasteiger partial charge in [-0.15, -0.1) is 23.5 Å². The van der Waals surface area contributed by atoms with Gasteiger partial charge < -0.3 is 9.47 Å². The summed E-state index contributed by atoms with van der Waals surface area (Å²) in [7, 11) is 3.40. The number of thioether (sulfide) groups is 2. The van der Waals surface area contributed by atoms with Gasteiger partial charge in [-0.05, 0) is 12.1 Å². The predicted molar refractivity (Wildman–Crippen MR) is 56.1 cm³/mol. The summed E-state index contributed by atoms with van der Waals surface area (Å²) in [5.41, 5.74) is 0. The van der Waals surface area contributed by atoms with Gasteiger partial charge in [-0.1, -0.05) is 0 Å². The monoisotopic (exact) mass is 214 g/mol. The minimum absolute atomic E-state index is 0.950. The van der Waals surface area contributed by atoms with Crippen molar-refractivity contribution in [2.24, 2.45) is 0 Å². The molecule has 13 heavy (non-hydrogen) atoms. The molecule has 0 bridgehead atoms. The molecule has 70 valence electrons. The van der Waals surface area contributed by atoms with Gasteiger partial charge in [-0.25, -0.2) is 0 Å². The summed E-state index contributed by atoms with van der Waals surface area (Å²) < 4.78 is 10.5. The third-order valence-corrected chi connectivity index (χ3v) is 4.35. The van der Waals surface area contributed by atoms with Crippen molar-refractivity contribution in [3.05, 3.63) is 12.1 Å². The second kappa shape index (κ2) is 3.72. The first-order valence-electron chi connectivity index (χ1n) is 3.87. The summed E-state index contributed by atoms with van der Waals surface area (Å²) in [4.78, 5) is 2.43. The number of hydrogen-bond donors (Lipinski definition) is 0. The van der Waals surface area contributed by atoms with Crippen LogP contribution in [0.4, 0.5) is 0 Å². The molecule has 0 saturated heterocycles. The topological polar surface area (TPSA) is 18.5 Å². The summed E-state index contributed by atoms with van der Waals surface area (Å²) in [6, 6.07) is 3.91. The Balaban J connectivity index is 2.52. The van der Waals surface area contributed by atoms with E-state index in [0.29, 0.717) is 0 Å². The highest BCUT2D eigenvalue weighted by Crippen LogP contribution is 2.51. The molecule has 0 N–H and O–H groups in total.